The second-order valence-corrected chi connectivity index (χ2v) is 17.1. The molecule has 0 fully saturated rings. The molecule has 16 heteroatoms. The maximum atomic E-state index is 12.8. The Balaban J connectivity index is 1.72. The average Bonchev–Trinajstić information content (AvgIpc) is 3.71. The van der Waals surface area contributed by atoms with E-state index in [-0.39, 0.29) is 54.2 Å². The SMILES string of the molecule is CCCCCCCCCCCCCCCC(=O)OC[C@H](CO[P+]([O-])(O)OCCNc1ccc([N+](=O)O)c2nonc12)OC(=O)CCCCCCCCCCCCCCC. The molecule has 3 N–H and O–H groups in total. The van der Waals surface area contributed by atoms with Gasteiger partial charge < -0.3 is 19.7 Å². The van der Waals surface area contributed by atoms with E-state index in [1.165, 1.54) is 128 Å². The lowest BCUT2D eigenvalue weighted by Gasteiger charge is -2.23. The van der Waals surface area contributed by atoms with E-state index in [1.807, 2.05) is 0 Å². The quantitative estimate of drug-likeness (QED) is 0.0247. The molecule has 0 radical (unpaired) electrons. The van der Waals surface area contributed by atoms with Gasteiger partial charge in [0.05, 0.1) is 10.6 Å². The van der Waals surface area contributed by atoms with Crippen molar-refractivity contribution in [3.63, 3.8) is 0 Å². The van der Waals surface area contributed by atoms with E-state index in [2.05, 4.69) is 34.1 Å². The number of esters is 2. The lowest BCUT2D eigenvalue weighted by Crippen LogP contribution is -2.31. The molecule has 15 nitrogen and oxygen atoms in total. The van der Waals surface area contributed by atoms with Crippen molar-refractivity contribution in [1.29, 1.82) is 0 Å². The Morgan fingerprint density at radius 2 is 1.15 bits per heavy atom. The van der Waals surface area contributed by atoms with Gasteiger partial charge in [-0.1, -0.05) is 168 Å². The van der Waals surface area contributed by atoms with Gasteiger partial charge in [0, 0.05) is 25.5 Å². The number of benzene rings is 1. The largest absolute Gasteiger partial charge is 0.606 e. The highest BCUT2D eigenvalue weighted by Crippen LogP contribution is 2.47. The number of anilines is 1. The Morgan fingerprint density at radius 3 is 1.64 bits per heavy atom. The van der Waals surface area contributed by atoms with Crippen molar-refractivity contribution in [3.8, 4) is 0 Å². The van der Waals surface area contributed by atoms with Gasteiger partial charge in [0.1, 0.15) is 19.8 Å². The summed E-state index contributed by atoms with van der Waals surface area (Å²) >= 11 is 0. The Kier molecular flexibility index (Phi) is 29.8. The molecule has 0 amide bonds. The van der Waals surface area contributed by atoms with Gasteiger partial charge in [0.25, 0.3) is 4.92 Å². The predicted octanol–water partition coefficient (Wildman–Crippen LogP) is 10.9. The van der Waals surface area contributed by atoms with E-state index in [9.17, 15) is 29.5 Å². The Hall–Kier alpha value is -2.97. The summed E-state index contributed by atoms with van der Waals surface area (Å²) < 4.78 is 25.9. The van der Waals surface area contributed by atoms with Crippen molar-refractivity contribution in [1.82, 2.24) is 10.3 Å². The molecular formula is C43H76N4O11P+. The first-order chi connectivity index (χ1) is 28.7. The molecule has 338 valence electrons. The third kappa shape index (κ3) is 26.1. The summed E-state index contributed by atoms with van der Waals surface area (Å²) in [5, 5.41) is 19.5. The maximum Gasteiger partial charge on any atom is 0.377 e. The van der Waals surface area contributed by atoms with Gasteiger partial charge in [-0.25, -0.2) is 9.84 Å². The van der Waals surface area contributed by atoms with Crippen LogP contribution in [0.2, 0.25) is 0 Å². The van der Waals surface area contributed by atoms with Crippen molar-refractivity contribution >= 4 is 42.5 Å². The third-order valence-electron chi connectivity index (χ3n) is 10.4. The highest BCUT2D eigenvalue weighted by molar-refractivity contribution is 7.52. The number of hydrogen-bond acceptors (Lipinski definition) is 13. The minimum absolute atomic E-state index is 0.0176. The van der Waals surface area contributed by atoms with Gasteiger partial charge in [-0.2, -0.15) is 13.9 Å². The van der Waals surface area contributed by atoms with Crippen LogP contribution in [0, 0.1) is 4.91 Å². The molecule has 2 rings (SSSR count). The van der Waals surface area contributed by atoms with E-state index < -0.39 is 32.8 Å². The van der Waals surface area contributed by atoms with Crippen LogP contribution in [0.5, 0.6) is 0 Å². The molecule has 1 heterocycles. The number of carbonyl (C=O) groups excluding carboxylic acids is 2. The molecule has 0 spiro atoms. The fourth-order valence-electron chi connectivity index (χ4n) is 6.91. The number of aromatic nitrogens is 2. The fraction of sp³-hybridized carbons (Fsp3) is 0.814. The minimum Gasteiger partial charge on any atom is -0.606 e. The van der Waals surface area contributed by atoms with Crippen LogP contribution < -0.4 is 10.2 Å². The van der Waals surface area contributed by atoms with Gasteiger partial charge in [0.2, 0.25) is 5.52 Å². The first-order valence-electron chi connectivity index (χ1n) is 22.8. The van der Waals surface area contributed by atoms with Gasteiger partial charge in [-0.3, -0.25) is 9.59 Å². The van der Waals surface area contributed by atoms with Crippen LogP contribution in [0.4, 0.5) is 11.4 Å². The summed E-state index contributed by atoms with van der Waals surface area (Å²) in [7, 11) is -4.61. The van der Waals surface area contributed by atoms with Crippen LogP contribution in [-0.2, 0) is 28.1 Å². The zero-order valence-corrected chi connectivity index (χ0v) is 37.1. The number of unbranched alkanes of at least 4 members (excludes halogenated alkanes) is 24. The fourth-order valence-corrected chi connectivity index (χ4v) is 7.66. The van der Waals surface area contributed by atoms with Gasteiger partial charge in [-0.15, -0.1) is 0 Å². The van der Waals surface area contributed by atoms with E-state index in [4.69, 9.17) is 18.5 Å². The number of phosphoric ester groups is 1. The Bertz CT molecular complexity index is 1400. The number of nitrogens with one attached hydrogen (secondary N) is 1. The molecule has 2 atom stereocenters. The molecule has 0 bridgehead atoms. The molecule has 2 aromatic rings. The highest BCUT2D eigenvalue weighted by Gasteiger charge is 2.31. The summed E-state index contributed by atoms with van der Waals surface area (Å²) in [5.41, 5.74) is 0.388. The number of hydrogen-bond donors (Lipinski definition) is 3. The number of nitrogens with zero attached hydrogens (tertiary/aromatic N) is 3. The van der Waals surface area contributed by atoms with Crippen molar-refractivity contribution in [3.05, 3.63) is 17.0 Å². The molecule has 0 aliphatic carbocycles. The summed E-state index contributed by atoms with van der Waals surface area (Å²) in [4.78, 5) is 59.4. The summed E-state index contributed by atoms with van der Waals surface area (Å²) in [6.07, 6.45) is 30.3. The zero-order valence-electron chi connectivity index (χ0n) is 36.2. The molecule has 0 saturated heterocycles. The molecular weight excluding hydrogens is 779 g/mol. The van der Waals surface area contributed by atoms with Crippen molar-refractivity contribution in [2.75, 3.05) is 31.7 Å². The summed E-state index contributed by atoms with van der Waals surface area (Å²) in [6.45, 7) is 3.38. The monoisotopic (exact) mass is 856 g/mol. The zero-order chi connectivity index (χ0) is 42.8. The standard InChI is InChI=1S/C43H75N4O11P/c1-3-5-7-9-11-13-15-17-19-21-23-25-27-29-40(48)54-35-37(57-41(49)30-28-26-24-22-20-18-16-14-12-10-8-6-4-2)36-56-59(52,53)55-34-33-44-38-31-32-39(47(50)51)43-42(38)45-58-46-43/h31-32,37H,3-30,33-36H2,1-2H3,(H2-,44,46,50,51,52,53)/p+1/t37-/m1/s1. The van der Waals surface area contributed by atoms with Crippen LogP contribution in [0.3, 0.4) is 0 Å². The molecule has 0 aliphatic heterocycles. The molecule has 0 saturated carbocycles. The van der Waals surface area contributed by atoms with Crippen LogP contribution in [0.15, 0.2) is 16.8 Å². The summed E-state index contributed by atoms with van der Waals surface area (Å²) in [5.74, 6) is -0.917. The maximum absolute atomic E-state index is 12.8. The second-order valence-electron chi connectivity index (χ2n) is 15.7. The number of rotatable bonds is 40. The molecule has 59 heavy (non-hydrogen) atoms. The number of carbonyl (C=O) groups is 2. The number of ether oxygens (including phenoxy) is 2. The van der Waals surface area contributed by atoms with Crippen LogP contribution >= 0.6 is 8.17 Å². The highest BCUT2D eigenvalue weighted by atomic mass is 31.2. The minimum atomic E-state index is -4.61. The molecule has 1 aromatic heterocycles. The third-order valence-corrected chi connectivity index (χ3v) is 11.4. The van der Waals surface area contributed by atoms with Crippen LogP contribution in [0.1, 0.15) is 194 Å². The predicted molar refractivity (Wildman–Crippen MR) is 228 cm³/mol. The first-order valence-corrected chi connectivity index (χ1v) is 24.3. The molecule has 1 unspecified atom stereocenters. The molecule has 0 aliphatic rings. The van der Waals surface area contributed by atoms with E-state index in [0.717, 1.165) is 38.5 Å². The van der Waals surface area contributed by atoms with E-state index in [1.54, 1.807) is 0 Å². The van der Waals surface area contributed by atoms with Crippen LogP contribution in [0.25, 0.3) is 11.0 Å². The number of phosphoric acid groups is 1. The lowest BCUT2D eigenvalue weighted by atomic mass is 10.0. The number of fused-ring (bicyclic) bond motifs is 1. The Labute approximate surface area is 353 Å². The Morgan fingerprint density at radius 1 is 0.695 bits per heavy atom. The van der Waals surface area contributed by atoms with Crippen molar-refractivity contribution < 1.29 is 52.7 Å². The molecule has 1 aromatic carbocycles. The van der Waals surface area contributed by atoms with Gasteiger partial charge >= 0.3 is 25.8 Å². The van der Waals surface area contributed by atoms with Gasteiger partial charge in [-0.05, 0) is 29.2 Å². The smallest absolute Gasteiger partial charge is 0.377 e. The van der Waals surface area contributed by atoms with E-state index in [0.29, 0.717) is 18.5 Å². The summed E-state index contributed by atoms with van der Waals surface area (Å²) in [6, 6.07) is 2.75. The topological polar surface area (TPSA) is 206 Å². The van der Waals surface area contributed by atoms with Crippen molar-refractivity contribution in [2.24, 2.45) is 0 Å². The van der Waals surface area contributed by atoms with Crippen molar-refractivity contribution in [2.45, 2.75) is 200 Å². The average molecular weight is 856 g/mol. The first kappa shape index (κ1) is 52.2. The normalized spacial score (nSPS) is 13.0. The van der Waals surface area contributed by atoms with E-state index >= 15 is 0 Å². The lowest BCUT2D eigenvalue weighted by molar-refractivity contribution is -0.728. The van der Waals surface area contributed by atoms with Gasteiger partial charge in [0.15, 0.2) is 11.6 Å². The van der Waals surface area contributed by atoms with Crippen LogP contribution in [-0.4, -0.2) is 69.7 Å². The second kappa shape index (κ2) is 33.7.